The Hall–Kier alpha value is -1.92. The van der Waals surface area contributed by atoms with Crippen molar-refractivity contribution in [3.63, 3.8) is 0 Å². The van der Waals surface area contributed by atoms with Gasteiger partial charge in [0.2, 0.25) is 0 Å². The Kier molecular flexibility index (Phi) is 4.70. The average Bonchev–Trinajstić information content (AvgIpc) is 2.89. The summed E-state index contributed by atoms with van der Waals surface area (Å²) in [4.78, 5) is 11.9. The third kappa shape index (κ3) is 3.55. The van der Waals surface area contributed by atoms with Crippen molar-refractivity contribution in [2.45, 2.75) is 13.0 Å². The minimum absolute atomic E-state index is 0.0896. The lowest BCUT2D eigenvalue weighted by atomic mass is 10.3. The Morgan fingerprint density at radius 2 is 2.15 bits per heavy atom. The van der Waals surface area contributed by atoms with Crippen molar-refractivity contribution in [2.75, 3.05) is 13.7 Å². The summed E-state index contributed by atoms with van der Waals surface area (Å²) in [6, 6.07) is 7.00. The van der Waals surface area contributed by atoms with Gasteiger partial charge in [-0.25, -0.2) is 4.68 Å². The number of carbonyl (C=O) groups excluding carboxylic acids is 1. The third-order valence-corrected chi connectivity index (χ3v) is 2.86. The molecule has 0 bridgehead atoms. The van der Waals surface area contributed by atoms with Crippen LogP contribution in [-0.4, -0.2) is 40.7 Å². The van der Waals surface area contributed by atoms with Gasteiger partial charge < -0.3 is 10.1 Å². The molecule has 0 radical (unpaired) electrons. The van der Waals surface area contributed by atoms with Crippen LogP contribution in [0.15, 0.2) is 30.5 Å². The van der Waals surface area contributed by atoms with Gasteiger partial charge in [-0.05, 0) is 31.2 Å². The fraction of sp³-hybridized carbons (Fsp3) is 0.308. The highest BCUT2D eigenvalue weighted by Gasteiger charge is 2.13. The van der Waals surface area contributed by atoms with E-state index in [1.807, 2.05) is 6.92 Å². The van der Waals surface area contributed by atoms with Crippen LogP contribution in [0.5, 0.6) is 0 Å². The van der Waals surface area contributed by atoms with Crippen molar-refractivity contribution < 1.29 is 9.53 Å². The van der Waals surface area contributed by atoms with E-state index in [9.17, 15) is 4.79 Å². The standard InChI is InChI=1S/C13H15ClN4O2/c1-9(8-20-2)15-13(19)12-7-18(17-16-12)11-5-3-10(14)4-6-11/h3-7,9H,8H2,1-2H3,(H,15,19)/t9-/m1/s1. The van der Waals surface area contributed by atoms with Gasteiger partial charge in [0, 0.05) is 18.2 Å². The van der Waals surface area contributed by atoms with Crippen LogP contribution >= 0.6 is 11.6 Å². The van der Waals surface area contributed by atoms with E-state index in [4.69, 9.17) is 16.3 Å². The molecule has 1 aromatic heterocycles. The molecule has 2 aromatic rings. The molecule has 1 amide bonds. The van der Waals surface area contributed by atoms with Crippen LogP contribution in [0.2, 0.25) is 5.02 Å². The highest BCUT2D eigenvalue weighted by molar-refractivity contribution is 6.30. The maximum atomic E-state index is 11.9. The molecule has 2 rings (SSSR count). The zero-order valence-corrected chi connectivity index (χ0v) is 12.0. The highest BCUT2D eigenvalue weighted by atomic mass is 35.5. The molecular weight excluding hydrogens is 280 g/mol. The second kappa shape index (κ2) is 6.49. The van der Waals surface area contributed by atoms with E-state index in [0.717, 1.165) is 5.69 Å². The van der Waals surface area contributed by atoms with Crippen molar-refractivity contribution in [1.29, 1.82) is 0 Å². The Balaban J connectivity index is 2.08. The Morgan fingerprint density at radius 1 is 1.45 bits per heavy atom. The molecule has 1 N–H and O–H groups in total. The van der Waals surface area contributed by atoms with E-state index < -0.39 is 0 Å². The van der Waals surface area contributed by atoms with Gasteiger partial charge in [0.15, 0.2) is 5.69 Å². The molecule has 1 aromatic carbocycles. The van der Waals surface area contributed by atoms with Gasteiger partial charge in [0.1, 0.15) is 0 Å². The van der Waals surface area contributed by atoms with Gasteiger partial charge >= 0.3 is 0 Å². The van der Waals surface area contributed by atoms with E-state index in [1.165, 1.54) is 4.68 Å². The van der Waals surface area contributed by atoms with Crippen molar-refractivity contribution >= 4 is 17.5 Å². The Labute approximate surface area is 121 Å². The lowest BCUT2D eigenvalue weighted by Gasteiger charge is -2.10. The molecule has 0 aliphatic carbocycles. The minimum Gasteiger partial charge on any atom is -0.383 e. The minimum atomic E-state index is -0.283. The lowest BCUT2D eigenvalue weighted by molar-refractivity contribution is 0.0900. The number of amides is 1. The topological polar surface area (TPSA) is 69.0 Å². The van der Waals surface area contributed by atoms with Crippen molar-refractivity contribution in [3.05, 3.63) is 41.2 Å². The predicted molar refractivity (Wildman–Crippen MR) is 75.2 cm³/mol. The molecule has 0 saturated carbocycles. The number of hydrogen-bond acceptors (Lipinski definition) is 4. The fourth-order valence-corrected chi connectivity index (χ4v) is 1.80. The van der Waals surface area contributed by atoms with E-state index in [-0.39, 0.29) is 17.6 Å². The summed E-state index contributed by atoms with van der Waals surface area (Å²) in [6.45, 7) is 2.29. The van der Waals surface area contributed by atoms with E-state index >= 15 is 0 Å². The van der Waals surface area contributed by atoms with Crippen LogP contribution < -0.4 is 5.32 Å². The van der Waals surface area contributed by atoms with Gasteiger partial charge in [-0.15, -0.1) is 5.10 Å². The number of halogens is 1. The van der Waals surface area contributed by atoms with Gasteiger partial charge in [0.25, 0.3) is 5.91 Å². The lowest BCUT2D eigenvalue weighted by Crippen LogP contribution is -2.35. The molecule has 6 nitrogen and oxygen atoms in total. The summed E-state index contributed by atoms with van der Waals surface area (Å²) in [5.74, 6) is -0.283. The van der Waals surface area contributed by atoms with Gasteiger partial charge in [0.05, 0.1) is 18.5 Å². The van der Waals surface area contributed by atoms with E-state index in [0.29, 0.717) is 11.6 Å². The second-order valence-corrected chi connectivity index (χ2v) is 4.79. The van der Waals surface area contributed by atoms with Crippen LogP contribution in [0, 0.1) is 0 Å². The third-order valence-electron chi connectivity index (χ3n) is 2.61. The first-order valence-corrected chi connectivity index (χ1v) is 6.46. The summed E-state index contributed by atoms with van der Waals surface area (Å²) in [7, 11) is 1.58. The summed E-state index contributed by atoms with van der Waals surface area (Å²) < 4.78 is 6.48. The number of methoxy groups -OCH3 is 1. The Bertz CT molecular complexity index is 582. The van der Waals surface area contributed by atoms with Gasteiger partial charge in [-0.3, -0.25) is 4.79 Å². The van der Waals surface area contributed by atoms with Gasteiger partial charge in [-0.2, -0.15) is 0 Å². The average molecular weight is 295 g/mol. The molecule has 0 spiro atoms. The quantitative estimate of drug-likeness (QED) is 0.911. The highest BCUT2D eigenvalue weighted by Crippen LogP contribution is 2.12. The molecule has 7 heteroatoms. The number of aromatic nitrogens is 3. The van der Waals surface area contributed by atoms with E-state index in [1.54, 1.807) is 37.6 Å². The predicted octanol–water partition coefficient (Wildman–Crippen LogP) is 1.69. The van der Waals surface area contributed by atoms with Gasteiger partial charge in [-0.1, -0.05) is 16.8 Å². The van der Waals surface area contributed by atoms with E-state index in [2.05, 4.69) is 15.6 Å². The monoisotopic (exact) mass is 294 g/mol. The smallest absolute Gasteiger partial charge is 0.273 e. The largest absolute Gasteiger partial charge is 0.383 e. The van der Waals surface area contributed by atoms with Crippen molar-refractivity contribution in [1.82, 2.24) is 20.3 Å². The number of rotatable bonds is 5. The van der Waals surface area contributed by atoms with Crippen molar-refractivity contribution in [2.24, 2.45) is 0 Å². The summed E-state index contributed by atoms with van der Waals surface area (Å²) in [6.07, 6.45) is 1.57. The normalized spacial score (nSPS) is 12.2. The van der Waals surface area contributed by atoms with Crippen LogP contribution in [0.4, 0.5) is 0 Å². The number of ether oxygens (including phenoxy) is 1. The fourth-order valence-electron chi connectivity index (χ4n) is 1.68. The number of carbonyl (C=O) groups is 1. The molecule has 20 heavy (non-hydrogen) atoms. The molecule has 106 valence electrons. The summed E-state index contributed by atoms with van der Waals surface area (Å²) in [5.41, 5.74) is 1.04. The Morgan fingerprint density at radius 3 is 2.80 bits per heavy atom. The maximum Gasteiger partial charge on any atom is 0.273 e. The first kappa shape index (κ1) is 14.5. The first-order chi connectivity index (χ1) is 9.60. The number of nitrogens with one attached hydrogen (secondary N) is 1. The molecule has 1 heterocycles. The second-order valence-electron chi connectivity index (χ2n) is 4.35. The zero-order valence-electron chi connectivity index (χ0n) is 11.2. The molecule has 0 aliphatic heterocycles. The van der Waals surface area contributed by atoms with Crippen LogP contribution in [0.25, 0.3) is 5.69 Å². The summed E-state index contributed by atoms with van der Waals surface area (Å²) >= 11 is 5.82. The molecule has 0 unspecified atom stereocenters. The number of nitrogens with zero attached hydrogens (tertiary/aromatic N) is 3. The SMILES string of the molecule is COC[C@@H](C)NC(=O)c1cn(-c2ccc(Cl)cc2)nn1. The summed E-state index contributed by atoms with van der Waals surface area (Å²) in [5, 5.41) is 11.2. The molecule has 0 saturated heterocycles. The maximum absolute atomic E-state index is 11.9. The van der Waals surface area contributed by atoms with Crippen molar-refractivity contribution in [3.8, 4) is 5.69 Å². The molecule has 1 atom stereocenters. The zero-order chi connectivity index (χ0) is 14.5. The van der Waals surface area contributed by atoms with Crippen LogP contribution in [-0.2, 0) is 4.74 Å². The molecular formula is C13H15ClN4O2. The first-order valence-electron chi connectivity index (χ1n) is 6.08. The molecule has 0 aliphatic rings. The number of hydrogen-bond donors (Lipinski definition) is 1. The number of benzene rings is 1. The van der Waals surface area contributed by atoms with Crippen LogP contribution in [0.1, 0.15) is 17.4 Å². The van der Waals surface area contributed by atoms with Crippen LogP contribution in [0.3, 0.4) is 0 Å². The molecule has 0 fully saturated rings.